The monoisotopic (exact) mass is 817 g/mol. The van der Waals surface area contributed by atoms with Crippen LogP contribution in [-0.4, -0.2) is 38.2 Å². The molecular formula is C50H47N3O6S. The summed E-state index contributed by atoms with van der Waals surface area (Å²) in [6, 6.07) is 46.1. The number of rotatable bonds is 17. The van der Waals surface area contributed by atoms with E-state index in [9.17, 15) is 18.0 Å². The predicted molar refractivity (Wildman–Crippen MR) is 236 cm³/mol. The van der Waals surface area contributed by atoms with Gasteiger partial charge in [-0.2, -0.15) is 0 Å². The highest BCUT2D eigenvalue weighted by atomic mass is 32.2. The molecular weight excluding hydrogens is 771 g/mol. The molecule has 7 aromatic rings. The van der Waals surface area contributed by atoms with Gasteiger partial charge in [0, 0.05) is 40.2 Å². The first-order valence-electron chi connectivity index (χ1n) is 20.4. The van der Waals surface area contributed by atoms with Crippen molar-refractivity contribution in [2.75, 3.05) is 17.5 Å². The van der Waals surface area contributed by atoms with E-state index in [-0.39, 0.29) is 42.5 Å². The summed E-state index contributed by atoms with van der Waals surface area (Å²) in [5, 5.41) is 4.06. The zero-order valence-corrected chi connectivity index (χ0v) is 34.1. The van der Waals surface area contributed by atoms with E-state index in [1.165, 1.54) is 33.8 Å². The summed E-state index contributed by atoms with van der Waals surface area (Å²) in [4.78, 5) is 31.1. The highest BCUT2D eigenvalue weighted by molar-refractivity contribution is 7.92. The van der Waals surface area contributed by atoms with Crippen molar-refractivity contribution in [2.24, 2.45) is 0 Å². The molecule has 6 aromatic carbocycles. The van der Waals surface area contributed by atoms with Gasteiger partial charge in [-0.1, -0.05) is 109 Å². The van der Waals surface area contributed by atoms with Crippen molar-refractivity contribution in [1.82, 2.24) is 10.3 Å². The Morgan fingerprint density at radius 3 is 2.15 bits per heavy atom. The van der Waals surface area contributed by atoms with Crippen LogP contribution >= 0.6 is 0 Å². The van der Waals surface area contributed by atoms with Crippen LogP contribution in [0.1, 0.15) is 67.1 Å². The standard InChI is InChI=1S/C50H47N3O6S/c54-48(32-51-50(55)42-21-11-10-20-39(42)28-29-58-41-25-26-44-43-22-12-13-23-45(43)52-46(44)31-41)40-24-27-49(59-34-37-16-6-2-7-17-37)47(30-40)53(33-36-14-4-1-5-15-36)60(56,57)35-38-18-8-3-9-19-38/h1-11,14-21,24-27,30-31,52H,12-13,22-23,28-29,32-35H2,(H,51,55). The molecule has 0 bridgehead atoms. The van der Waals surface area contributed by atoms with Crippen LogP contribution in [0.15, 0.2) is 152 Å². The van der Waals surface area contributed by atoms with E-state index in [1.807, 2.05) is 91.0 Å². The first kappa shape index (κ1) is 40.1. The molecule has 1 amide bonds. The smallest absolute Gasteiger partial charge is 0.251 e. The fourth-order valence-corrected chi connectivity index (χ4v) is 9.33. The third-order valence-corrected chi connectivity index (χ3v) is 12.6. The molecule has 0 unspecified atom stereocenters. The molecule has 304 valence electrons. The number of aryl methyl sites for hydroxylation is 2. The minimum Gasteiger partial charge on any atom is -0.493 e. The average Bonchev–Trinajstić information content (AvgIpc) is 3.65. The Hall–Kier alpha value is -6.65. The summed E-state index contributed by atoms with van der Waals surface area (Å²) in [7, 11) is -4.02. The second-order valence-corrected chi connectivity index (χ2v) is 16.9. The maximum Gasteiger partial charge on any atom is 0.251 e. The van der Waals surface area contributed by atoms with Crippen LogP contribution in [0.2, 0.25) is 0 Å². The first-order valence-corrected chi connectivity index (χ1v) is 22.0. The largest absolute Gasteiger partial charge is 0.493 e. The minimum absolute atomic E-state index is 0.00894. The number of anilines is 1. The number of H-pyrrole nitrogens is 1. The summed E-state index contributed by atoms with van der Waals surface area (Å²) < 4.78 is 42.5. The number of hydrogen-bond donors (Lipinski definition) is 2. The molecule has 8 rings (SSSR count). The van der Waals surface area contributed by atoms with Crippen LogP contribution in [0.3, 0.4) is 0 Å². The number of aromatic amines is 1. The fourth-order valence-electron chi connectivity index (χ4n) is 7.77. The Morgan fingerprint density at radius 1 is 0.700 bits per heavy atom. The number of benzene rings is 6. The number of carbonyl (C=O) groups excluding carboxylic acids is 2. The Kier molecular flexibility index (Phi) is 12.4. The molecule has 0 saturated heterocycles. The van der Waals surface area contributed by atoms with Gasteiger partial charge in [-0.15, -0.1) is 0 Å². The maximum atomic E-state index is 14.4. The van der Waals surface area contributed by atoms with E-state index in [1.54, 1.807) is 54.6 Å². The van der Waals surface area contributed by atoms with Crippen LogP contribution in [0, 0.1) is 0 Å². The average molecular weight is 818 g/mol. The summed E-state index contributed by atoms with van der Waals surface area (Å²) in [6.07, 6.45) is 5.09. The summed E-state index contributed by atoms with van der Waals surface area (Å²) >= 11 is 0. The van der Waals surface area contributed by atoms with E-state index < -0.39 is 15.9 Å². The van der Waals surface area contributed by atoms with Crippen molar-refractivity contribution < 1.29 is 27.5 Å². The van der Waals surface area contributed by atoms with Crippen LogP contribution in [-0.2, 0) is 48.2 Å². The Bertz CT molecular complexity index is 2700. The number of ether oxygens (including phenoxy) is 2. The number of sulfonamides is 1. The van der Waals surface area contributed by atoms with Crippen LogP contribution in [0.4, 0.5) is 5.69 Å². The topological polar surface area (TPSA) is 118 Å². The Labute approximate surface area is 351 Å². The van der Waals surface area contributed by atoms with E-state index in [0.29, 0.717) is 29.9 Å². The van der Waals surface area contributed by atoms with Gasteiger partial charge in [-0.25, -0.2) is 8.42 Å². The van der Waals surface area contributed by atoms with Gasteiger partial charge >= 0.3 is 0 Å². The molecule has 1 aliphatic rings. The summed E-state index contributed by atoms with van der Waals surface area (Å²) in [5.74, 6) is 0.0223. The molecule has 10 heteroatoms. The van der Waals surface area contributed by atoms with Crippen molar-refractivity contribution in [3.05, 3.63) is 196 Å². The quantitative estimate of drug-likeness (QED) is 0.0885. The number of amides is 1. The van der Waals surface area contributed by atoms with Crippen molar-refractivity contribution in [3.63, 3.8) is 0 Å². The number of fused-ring (bicyclic) bond motifs is 3. The number of hydrogen-bond acceptors (Lipinski definition) is 6. The van der Waals surface area contributed by atoms with Gasteiger partial charge in [0.15, 0.2) is 5.78 Å². The lowest BCUT2D eigenvalue weighted by atomic mass is 9.96. The zero-order chi connectivity index (χ0) is 41.3. The molecule has 0 saturated carbocycles. The van der Waals surface area contributed by atoms with E-state index >= 15 is 0 Å². The number of carbonyl (C=O) groups is 2. The minimum atomic E-state index is -4.02. The Morgan fingerprint density at radius 2 is 1.38 bits per heavy atom. The molecule has 0 atom stereocenters. The number of nitrogens with one attached hydrogen (secondary N) is 2. The number of ketones is 1. The van der Waals surface area contributed by atoms with Crippen molar-refractivity contribution in [3.8, 4) is 11.5 Å². The SMILES string of the molecule is O=C(CNC(=O)c1ccccc1CCOc1ccc2c3c([nH]c2c1)CCCC3)c1ccc(OCc2ccccc2)c(N(Cc2ccccc2)S(=O)(=O)Cc2ccccc2)c1. The highest BCUT2D eigenvalue weighted by Crippen LogP contribution is 2.35. The number of aromatic nitrogens is 1. The van der Waals surface area contributed by atoms with Gasteiger partial charge in [-0.05, 0) is 89.9 Å². The summed E-state index contributed by atoms with van der Waals surface area (Å²) in [6.45, 7) is 0.254. The fraction of sp³-hybridized carbons (Fsp3) is 0.200. The molecule has 0 aliphatic heterocycles. The van der Waals surface area contributed by atoms with Crippen molar-refractivity contribution in [1.29, 1.82) is 0 Å². The lowest BCUT2D eigenvalue weighted by molar-refractivity contribution is 0.0903. The molecule has 60 heavy (non-hydrogen) atoms. The van der Waals surface area contributed by atoms with Gasteiger partial charge in [0.1, 0.15) is 18.1 Å². The third-order valence-electron chi connectivity index (χ3n) is 10.9. The molecule has 0 fully saturated rings. The molecule has 1 aliphatic carbocycles. The molecule has 9 nitrogen and oxygen atoms in total. The van der Waals surface area contributed by atoms with E-state index in [4.69, 9.17) is 9.47 Å². The predicted octanol–water partition coefficient (Wildman–Crippen LogP) is 9.40. The molecule has 1 aromatic heterocycles. The molecule has 2 N–H and O–H groups in total. The summed E-state index contributed by atoms with van der Waals surface area (Å²) in [5.41, 5.74) is 7.82. The van der Waals surface area contributed by atoms with Crippen molar-refractivity contribution >= 4 is 38.3 Å². The molecule has 1 heterocycles. The third kappa shape index (κ3) is 9.62. The zero-order valence-electron chi connectivity index (χ0n) is 33.3. The second kappa shape index (κ2) is 18.5. The molecule has 0 spiro atoms. The van der Waals surface area contributed by atoms with Gasteiger partial charge in [0.05, 0.1) is 31.1 Å². The first-order chi connectivity index (χ1) is 29.3. The Balaban J connectivity index is 0.994. The van der Waals surface area contributed by atoms with Crippen LogP contribution in [0.5, 0.6) is 11.5 Å². The molecule has 0 radical (unpaired) electrons. The normalized spacial score (nSPS) is 12.4. The van der Waals surface area contributed by atoms with Crippen LogP contribution < -0.4 is 19.1 Å². The van der Waals surface area contributed by atoms with Crippen LogP contribution in [0.25, 0.3) is 10.9 Å². The van der Waals surface area contributed by atoms with Gasteiger partial charge in [0.25, 0.3) is 5.91 Å². The van der Waals surface area contributed by atoms with E-state index in [0.717, 1.165) is 40.8 Å². The van der Waals surface area contributed by atoms with E-state index in [2.05, 4.69) is 16.4 Å². The number of Topliss-reactive ketones (excluding diaryl/α,β-unsaturated/α-hetero) is 1. The highest BCUT2D eigenvalue weighted by Gasteiger charge is 2.28. The van der Waals surface area contributed by atoms with Gasteiger partial charge in [0.2, 0.25) is 10.0 Å². The van der Waals surface area contributed by atoms with Gasteiger partial charge in [-0.3, -0.25) is 13.9 Å². The second-order valence-electron chi connectivity index (χ2n) is 15.0. The van der Waals surface area contributed by atoms with Gasteiger partial charge < -0.3 is 19.8 Å². The number of nitrogens with zero attached hydrogens (tertiary/aromatic N) is 1. The maximum absolute atomic E-state index is 14.4. The van der Waals surface area contributed by atoms with Crippen molar-refractivity contribution in [2.45, 2.75) is 51.0 Å². The lowest BCUT2D eigenvalue weighted by Crippen LogP contribution is -2.33. The lowest BCUT2D eigenvalue weighted by Gasteiger charge is -2.27.